The fourth-order valence-electron chi connectivity index (χ4n) is 1.75. The molecule has 1 saturated heterocycles. The minimum absolute atomic E-state index is 0.207. The van der Waals surface area contributed by atoms with Crippen LogP contribution in [0.15, 0.2) is 0 Å². The molecule has 1 heterocycles. The molecule has 0 bridgehead atoms. The molecule has 0 atom stereocenters. The first-order valence-electron chi connectivity index (χ1n) is 7.11. The van der Waals surface area contributed by atoms with Crippen molar-refractivity contribution in [3.05, 3.63) is 0 Å². The summed E-state index contributed by atoms with van der Waals surface area (Å²) in [4.78, 5) is 2.22. The molecule has 4 heteroatoms. The second-order valence-corrected chi connectivity index (χ2v) is 12.0. The zero-order valence-corrected chi connectivity index (χ0v) is 14.3. The molecule has 0 spiro atoms. The Kier molecular flexibility index (Phi) is 5.25. The maximum absolute atomic E-state index is 10.3. The first-order chi connectivity index (χ1) is 8.56. The van der Waals surface area contributed by atoms with Crippen molar-refractivity contribution in [3.63, 3.8) is 0 Å². The van der Waals surface area contributed by atoms with Crippen LogP contribution in [0.3, 0.4) is 0 Å². The first kappa shape index (κ1) is 16.7. The predicted octanol–water partition coefficient (Wildman–Crippen LogP) is 2.47. The van der Waals surface area contributed by atoms with Crippen molar-refractivity contribution in [2.75, 3.05) is 26.7 Å². The van der Waals surface area contributed by atoms with Gasteiger partial charge < -0.3 is 14.4 Å². The van der Waals surface area contributed by atoms with Gasteiger partial charge in [-0.2, -0.15) is 0 Å². The highest BCUT2D eigenvalue weighted by Gasteiger charge is 2.37. The zero-order chi connectivity index (χ0) is 14.7. The van der Waals surface area contributed by atoms with Crippen LogP contribution < -0.4 is 0 Å². The number of nitrogens with zero attached hydrogens (tertiary/aromatic N) is 1. The maximum atomic E-state index is 10.3. The highest BCUT2D eigenvalue weighted by atomic mass is 28.4. The second-order valence-electron chi connectivity index (χ2n) is 7.19. The average molecular weight is 283 g/mol. The van der Waals surface area contributed by atoms with Gasteiger partial charge in [0.15, 0.2) is 8.32 Å². The molecule has 0 aromatic carbocycles. The molecule has 1 aliphatic rings. The summed E-state index contributed by atoms with van der Waals surface area (Å²) in [5.74, 6) is 6.05. The molecule has 0 radical (unpaired) electrons. The zero-order valence-electron chi connectivity index (χ0n) is 13.3. The number of likely N-dealkylation sites (tertiary alicyclic amines) is 1. The van der Waals surface area contributed by atoms with Crippen LogP contribution in [0.2, 0.25) is 18.1 Å². The highest BCUT2D eigenvalue weighted by Crippen LogP contribution is 2.36. The Morgan fingerprint density at radius 2 is 1.79 bits per heavy atom. The Labute approximate surface area is 119 Å². The van der Waals surface area contributed by atoms with Gasteiger partial charge in [0.1, 0.15) is 5.60 Å². The van der Waals surface area contributed by atoms with E-state index in [0.29, 0.717) is 6.61 Å². The van der Waals surface area contributed by atoms with Gasteiger partial charge in [0.25, 0.3) is 0 Å². The number of hydrogen-bond acceptors (Lipinski definition) is 3. The van der Waals surface area contributed by atoms with Gasteiger partial charge in [0, 0.05) is 25.9 Å². The Bertz CT molecular complexity index is 355. The summed E-state index contributed by atoms with van der Waals surface area (Å²) < 4.78 is 5.99. The molecule has 19 heavy (non-hydrogen) atoms. The Morgan fingerprint density at radius 3 is 2.26 bits per heavy atom. The van der Waals surface area contributed by atoms with Crippen molar-refractivity contribution in [1.82, 2.24) is 4.90 Å². The third kappa shape index (κ3) is 4.92. The Hall–Kier alpha value is -0.343. The van der Waals surface area contributed by atoms with Crippen LogP contribution in [-0.4, -0.2) is 50.7 Å². The van der Waals surface area contributed by atoms with Gasteiger partial charge in [-0.1, -0.05) is 32.6 Å². The second kappa shape index (κ2) is 5.97. The van der Waals surface area contributed by atoms with E-state index in [2.05, 4.69) is 57.7 Å². The summed E-state index contributed by atoms with van der Waals surface area (Å²) >= 11 is 0. The van der Waals surface area contributed by atoms with Crippen LogP contribution in [-0.2, 0) is 4.43 Å². The predicted molar refractivity (Wildman–Crippen MR) is 82.6 cm³/mol. The number of aliphatic hydroxyl groups is 1. The van der Waals surface area contributed by atoms with E-state index in [1.165, 1.54) is 0 Å². The molecule has 0 saturated carbocycles. The molecule has 1 fully saturated rings. The van der Waals surface area contributed by atoms with Crippen molar-refractivity contribution in [1.29, 1.82) is 0 Å². The first-order valence-corrected chi connectivity index (χ1v) is 10.0. The summed E-state index contributed by atoms with van der Waals surface area (Å²) in [6.45, 7) is 13.4. The average Bonchev–Trinajstić information content (AvgIpc) is 2.28. The van der Waals surface area contributed by atoms with E-state index in [4.69, 9.17) is 4.43 Å². The van der Waals surface area contributed by atoms with Gasteiger partial charge in [0.2, 0.25) is 0 Å². The topological polar surface area (TPSA) is 32.7 Å². The molecular formula is C15H29NO2Si. The molecule has 0 amide bonds. The van der Waals surface area contributed by atoms with Crippen LogP contribution in [0, 0.1) is 11.8 Å². The fraction of sp³-hybridized carbons (Fsp3) is 0.867. The van der Waals surface area contributed by atoms with E-state index in [-0.39, 0.29) is 5.04 Å². The molecule has 1 N–H and O–H groups in total. The van der Waals surface area contributed by atoms with Crippen LogP contribution in [0.4, 0.5) is 0 Å². The summed E-state index contributed by atoms with van der Waals surface area (Å²) in [6.07, 6.45) is 1.47. The van der Waals surface area contributed by atoms with Gasteiger partial charge >= 0.3 is 0 Å². The van der Waals surface area contributed by atoms with E-state index in [1.54, 1.807) is 0 Å². The lowest BCUT2D eigenvalue weighted by atomic mass is 9.92. The molecule has 1 rings (SSSR count). The third-order valence-electron chi connectivity index (χ3n) is 4.45. The largest absolute Gasteiger partial charge is 0.406 e. The molecular weight excluding hydrogens is 254 g/mol. The number of hydrogen-bond donors (Lipinski definition) is 1. The van der Waals surface area contributed by atoms with Crippen molar-refractivity contribution in [2.24, 2.45) is 0 Å². The van der Waals surface area contributed by atoms with E-state index >= 15 is 0 Å². The van der Waals surface area contributed by atoms with Gasteiger partial charge in [-0.15, -0.1) is 0 Å². The fourth-order valence-corrected chi connectivity index (χ4v) is 2.61. The van der Waals surface area contributed by atoms with Crippen LogP contribution in [0.5, 0.6) is 0 Å². The summed E-state index contributed by atoms with van der Waals surface area (Å²) in [5.41, 5.74) is -0.802. The highest BCUT2D eigenvalue weighted by molar-refractivity contribution is 6.74. The number of piperidine rings is 1. The van der Waals surface area contributed by atoms with Crippen molar-refractivity contribution < 1.29 is 9.53 Å². The molecule has 0 aromatic rings. The van der Waals surface area contributed by atoms with Crippen molar-refractivity contribution in [3.8, 4) is 11.8 Å². The smallest absolute Gasteiger partial charge is 0.193 e. The quantitative estimate of drug-likeness (QED) is 0.624. The third-order valence-corrected chi connectivity index (χ3v) is 8.93. The molecule has 1 aliphatic heterocycles. The van der Waals surface area contributed by atoms with Gasteiger partial charge in [-0.05, 0) is 25.2 Å². The summed E-state index contributed by atoms with van der Waals surface area (Å²) in [6, 6.07) is 0. The van der Waals surface area contributed by atoms with Crippen molar-refractivity contribution in [2.45, 2.75) is 57.3 Å². The van der Waals surface area contributed by atoms with E-state index in [0.717, 1.165) is 25.9 Å². The lowest BCUT2D eigenvalue weighted by Gasteiger charge is -2.35. The lowest BCUT2D eigenvalue weighted by Crippen LogP contribution is -2.42. The Balaban J connectivity index is 2.48. The van der Waals surface area contributed by atoms with E-state index in [9.17, 15) is 5.11 Å². The summed E-state index contributed by atoms with van der Waals surface area (Å²) in [5, 5.41) is 10.5. The van der Waals surface area contributed by atoms with E-state index < -0.39 is 13.9 Å². The molecule has 0 unspecified atom stereocenters. The standard InChI is InChI=1S/C15H29NO2Si/c1-14(2,3)19(5,6)18-13-7-8-15(17)9-11-16(4)12-10-15/h17H,9-13H2,1-6H3. The molecule has 0 aromatic heterocycles. The van der Waals surface area contributed by atoms with Gasteiger partial charge in [0.05, 0.1) is 6.61 Å². The van der Waals surface area contributed by atoms with Crippen LogP contribution >= 0.6 is 0 Å². The SMILES string of the molecule is CN1CCC(O)(C#CCO[Si](C)(C)C(C)(C)C)CC1. The normalized spacial score (nSPS) is 20.8. The molecule has 3 nitrogen and oxygen atoms in total. The lowest BCUT2D eigenvalue weighted by molar-refractivity contribution is 0.0348. The maximum Gasteiger partial charge on any atom is 0.193 e. The Morgan fingerprint density at radius 1 is 1.26 bits per heavy atom. The van der Waals surface area contributed by atoms with E-state index in [1.807, 2.05) is 0 Å². The van der Waals surface area contributed by atoms with Gasteiger partial charge in [-0.3, -0.25) is 0 Å². The van der Waals surface area contributed by atoms with Crippen molar-refractivity contribution >= 4 is 8.32 Å². The monoisotopic (exact) mass is 283 g/mol. The molecule has 110 valence electrons. The minimum atomic E-state index is -1.72. The minimum Gasteiger partial charge on any atom is -0.406 e. The number of rotatable bonds is 2. The van der Waals surface area contributed by atoms with Crippen LogP contribution in [0.25, 0.3) is 0 Å². The summed E-state index contributed by atoms with van der Waals surface area (Å²) in [7, 11) is 0.358. The molecule has 0 aliphatic carbocycles. The van der Waals surface area contributed by atoms with Crippen LogP contribution in [0.1, 0.15) is 33.6 Å². The van der Waals surface area contributed by atoms with Gasteiger partial charge in [-0.25, -0.2) is 0 Å².